The van der Waals surface area contributed by atoms with E-state index in [1.54, 1.807) is 24.3 Å². The van der Waals surface area contributed by atoms with E-state index in [9.17, 15) is 14.4 Å². The second kappa shape index (κ2) is 8.25. The van der Waals surface area contributed by atoms with Crippen LogP contribution >= 0.6 is 11.6 Å². The van der Waals surface area contributed by atoms with Crippen molar-refractivity contribution in [2.24, 2.45) is 5.92 Å². The number of halogens is 1. The van der Waals surface area contributed by atoms with Crippen LogP contribution in [0.1, 0.15) is 30.4 Å². The first kappa shape index (κ1) is 19.5. The van der Waals surface area contributed by atoms with Crippen LogP contribution in [-0.4, -0.2) is 24.3 Å². The Hall–Kier alpha value is -2.86. The lowest BCUT2D eigenvalue weighted by atomic mass is 10.0. The molecule has 1 fully saturated rings. The molecule has 2 aromatic rings. The van der Waals surface area contributed by atoms with Gasteiger partial charge >= 0.3 is 11.8 Å². The van der Waals surface area contributed by atoms with E-state index in [0.717, 1.165) is 49.0 Å². The Morgan fingerprint density at radius 2 is 1.86 bits per heavy atom. The lowest BCUT2D eigenvalue weighted by Crippen LogP contribution is -2.37. The lowest BCUT2D eigenvalue weighted by Gasteiger charge is -2.30. The molecule has 0 saturated heterocycles. The normalized spacial score (nSPS) is 15.4. The molecule has 29 heavy (non-hydrogen) atoms. The van der Waals surface area contributed by atoms with Gasteiger partial charge in [0, 0.05) is 35.4 Å². The molecule has 1 aliphatic carbocycles. The van der Waals surface area contributed by atoms with E-state index in [2.05, 4.69) is 10.6 Å². The highest BCUT2D eigenvalue weighted by Gasteiger charge is 2.35. The van der Waals surface area contributed by atoms with Crippen LogP contribution in [-0.2, 0) is 27.3 Å². The smallest absolute Gasteiger partial charge is 0.313 e. The van der Waals surface area contributed by atoms with Gasteiger partial charge in [-0.25, -0.2) is 0 Å². The fraction of sp³-hybridized carbons (Fsp3) is 0.318. The van der Waals surface area contributed by atoms with Gasteiger partial charge in [-0.05, 0) is 61.1 Å². The summed E-state index contributed by atoms with van der Waals surface area (Å²) in [5.74, 6) is -1.10. The quantitative estimate of drug-likeness (QED) is 0.758. The summed E-state index contributed by atoms with van der Waals surface area (Å²) in [5, 5.41) is 5.75. The molecular formula is C22H22ClN3O3. The van der Waals surface area contributed by atoms with Crippen LogP contribution in [0.3, 0.4) is 0 Å². The first-order chi connectivity index (χ1) is 14.0. The average Bonchev–Trinajstić information content (AvgIpc) is 3.57. The zero-order chi connectivity index (χ0) is 20.4. The molecule has 2 N–H and O–H groups in total. The number of hydrogen-bond acceptors (Lipinski definition) is 3. The van der Waals surface area contributed by atoms with Gasteiger partial charge in [-0.1, -0.05) is 29.8 Å². The maximum Gasteiger partial charge on any atom is 0.313 e. The van der Waals surface area contributed by atoms with Gasteiger partial charge in [0.15, 0.2) is 0 Å². The van der Waals surface area contributed by atoms with Crippen molar-refractivity contribution < 1.29 is 14.4 Å². The van der Waals surface area contributed by atoms with Crippen LogP contribution in [0, 0.1) is 5.92 Å². The van der Waals surface area contributed by atoms with Crippen molar-refractivity contribution >= 4 is 40.7 Å². The Bertz CT molecular complexity index is 972. The zero-order valence-electron chi connectivity index (χ0n) is 15.9. The number of benzene rings is 2. The standard InChI is InChI=1S/C22H22ClN3O3/c23-18-6-2-1-4-16(18)13-24-20(27)21(28)25-17-9-10-19-15(12-17)5-3-11-26(19)22(29)14-7-8-14/h1-2,4,6,9-10,12,14H,3,5,7-8,11,13H2,(H,24,27)(H,25,28). The number of nitrogens with zero attached hydrogens (tertiary/aromatic N) is 1. The Morgan fingerprint density at radius 3 is 2.62 bits per heavy atom. The molecule has 4 rings (SSSR count). The van der Waals surface area contributed by atoms with Gasteiger partial charge in [-0.15, -0.1) is 0 Å². The predicted molar refractivity (Wildman–Crippen MR) is 112 cm³/mol. The minimum absolute atomic E-state index is 0.169. The second-order valence-electron chi connectivity index (χ2n) is 7.44. The van der Waals surface area contributed by atoms with Crippen LogP contribution < -0.4 is 15.5 Å². The fourth-order valence-electron chi connectivity index (χ4n) is 3.54. The maximum absolute atomic E-state index is 12.5. The summed E-state index contributed by atoms with van der Waals surface area (Å²) in [6.45, 7) is 0.910. The first-order valence-electron chi connectivity index (χ1n) is 9.80. The average molecular weight is 412 g/mol. The molecule has 0 bridgehead atoms. The molecule has 1 saturated carbocycles. The molecule has 1 heterocycles. The number of rotatable bonds is 4. The first-order valence-corrected chi connectivity index (χ1v) is 10.2. The van der Waals surface area contributed by atoms with E-state index >= 15 is 0 Å². The summed E-state index contributed by atoms with van der Waals surface area (Å²) in [4.78, 5) is 38.7. The molecule has 3 amide bonds. The highest BCUT2D eigenvalue weighted by atomic mass is 35.5. The third-order valence-electron chi connectivity index (χ3n) is 5.25. The molecule has 0 atom stereocenters. The van der Waals surface area contributed by atoms with Gasteiger partial charge in [-0.2, -0.15) is 0 Å². The largest absolute Gasteiger partial charge is 0.344 e. The van der Waals surface area contributed by atoms with Crippen LogP contribution in [0.2, 0.25) is 5.02 Å². The molecule has 0 spiro atoms. The Balaban J connectivity index is 1.39. The number of anilines is 2. The summed E-state index contributed by atoms with van der Waals surface area (Å²) in [7, 11) is 0. The van der Waals surface area contributed by atoms with Crippen molar-refractivity contribution in [2.75, 3.05) is 16.8 Å². The summed E-state index contributed by atoms with van der Waals surface area (Å²) in [6, 6.07) is 12.6. The van der Waals surface area contributed by atoms with Crippen molar-refractivity contribution in [1.82, 2.24) is 5.32 Å². The minimum Gasteiger partial charge on any atom is -0.344 e. The van der Waals surface area contributed by atoms with Gasteiger partial charge < -0.3 is 15.5 Å². The molecule has 2 aromatic carbocycles. The summed E-state index contributed by atoms with van der Waals surface area (Å²) in [5.41, 5.74) is 3.21. The third-order valence-corrected chi connectivity index (χ3v) is 5.62. The topological polar surface area (TPSA) is 78.5 Å². The number of hydrogen-bond donors (Lipinski definition) is 2. The van der Waals surface area contributed by atoms with E-state index in [0.29, 0.717) is 10.7 Å². The maximum atomic E-state index is 12.5. The van der Waals surface area contributed by atoms with Crippen LogP contribution in [0.15, 0.2) is 42.5 Å². The molecule has 0 aromatic heterocycles. The molecule has 150 valence electrons. The van der Waals surface area contributed by atoms with E-state index < -0.39 is 11.8 Å². The molecule has 6 nitrogen and oxygen atoms in total. The number of aryl methyl sites for hydroxylation is 1. The van der Waals surface area contributed by atoms with E-state index in [1.807, 2.05) is 23.1 Å². The van der Waals surface area contributed by atoms with Crippen molar-refractivity contribution in [3.05, 3.63) is 58.6 Å². The monoisotopic (exact) mass is 411 g/mol. The number of carbonyl (C=O) groups is 3. The van der Waals surface area contributed by atoms with Gasteiger partial charge in [0.2, 0.25) is 5.91 Å². The van der Waals surface area contributed by atoms with Crippen molar-refractivity contribution in [2.45, 2.75) is 32.2 Å². The van der Waals surface area contributed by atoms with Gasteiger partial charge in [-0.3, -0.25) is 14.4 Å². The zero-order valence-corrected chi connectivity index (χ0v) is 16.7. The SMILES string of the molecule is O=C(NCc1ccccc1Cl)C(=O)Nc1ccc2c(c1)CCCN2C(=O)C1CC1. The predicted octanol–water partition coefficient (Wildman–Crippen LogP) is 3.28. The summed E-state index contributed by atoms with van der Waals surface area (Å²) < 4.78 is 0. The third kappa shape index (κ3) is 4.43. The number of carbonyl (C=O) groups excluding carboxylic acids is 3. The lowest BCUT2D eigenvalue weighted by molar-refractivity contribution is -0.136. The molecular weight excluding hydrogens is 390 g/mol. The Kier molecular flexibility index (Phi) is 5.53. The van der Waals surface area contributed by atoms with Crippen molar-refractivity contribution in [1.29, 1.82) is 0 Å². The van der Waals surface area contributed by atoms with E-state index in [1.165, 1.54) is 0 Å². The van der Waals surface area contributed by atoms with Gasteiger partial charge in [0.1, 0.15) is 0 Å². The molecule has 0 unspecified atom stereocenters. The van der Waals surface area contributed by atoms with Crippen LogP contribution in [0.25, 0.3) is 0 Å². The minimum atomic E-state index is -0.737. The highest BCUT2D eigenvalue weighted by molar-refractivity contribution is 6.39. The molecule has 0 radical (unpaired) electrons. The van der Waals surface area contributed by atoms with Crippen LogP contribution in [0.4, 0.5) is 11.4 Å². The number of nitrogens with one attached hydrogen (secondary N) is 2. The second-order valence-corrected chi connectivity index (χ2v) is 7.85. The number of fused-ring (bicyclic) bond motifs is 1. The van der Waals surface area contributed by atoms with Crippen LogP contribution in [0.5, 0.6) is 0 Å². The summed E-state index contributed by atoms with van der Waals surface area (Å²) >= 11 is 6.06. The van der Waals surface area contributed by atoms with Crippen molar-refractivity contribution in [3.63, 3.8) is 0 Å². The van der Waals surface area contributed by atoms with Crippen molar-refractivity contribution in [3.8, 4) is 0 Å². The van der Waals surface area contributed by atoms with Gasteiger partial charge in [0.25, 0.3) is 0 Å². The highest BCUT2D eigenvalue weighted by Crippen LogP contribution is 2.36. The molecule has 1 aliphatic heterocycles. The van der Waals surface area contributed by atoms with E-state index in [-0.39, 0.29) is 18.4 Å². The molecule has 7 heteroatoms. The number of amides is 3. The molecule has 2 aliphatic rings. The Morgan fingerprint density at radius 1 is 1.07 bits per heavy atom. The fourth-order valence-corrected chi connectivity index (χ4v) is 3.74. The Labute approximate surface area is 174 Å². The summed E-state index contributed by atoms with van der Waals surface area (Å²) in [6.07, 6.45) is 3.68. The van der Waals surface area contributed by atoms with Gasteiger partial charge in [0.05, 0.1) is 0 Å². The van der Waals surface area contributed by atoms with E-state index in [4.69, 9.17) is 11.6 Å².